The monoisotopic (exact) mass is 470 g/mol. The molecule has 0 aliphatic carbocycles. The van der Waals surface area contributed by atoms with Crippen LogP contribution < -0.4 is 19.1 Å². The molecule has 0 spiro atoms. The van der Waals surface area contributed by atoms with E-state index < -0.39 is 17.5 Å². The van der Waals surface area contributed by atoms with Gasteiger partial charge < -0.3 is 24.0 Å². The zero-order valence-corrected chi connectivity index (χ0v) is 19.0. The molecule has 4 rings (SSSR count). The smallest absolute Gasteiger partial charge is 0.256 e. The van der Waals surface area contributed by atoms with Crippen molar-refractivity contribution in [3.8, 4) is 28.5 Å². The number of benzene rings is 2. The first-order valence-electron chi connectivity index (χ1n) is 10.6. The highest BCUT2D eigenvalue weighted by Gasteiger charge is 2.26. The van der Waals surface area contributed by atoms with Crippen molar-refractivity contribution in [3.63, 3.8) is 0 Å². The van der Waals surface area contributed by atoms with Crippen LogP contribution in [0.3, 0.4) is 0 Å². The quantitative estimate of drug-likeness (QED) is 0.547. The van der Waals surface area contributed by atoms with Crippen LogP contribution in [-0.2, 0) is 0 Å². The van der Waals surface area contributed by atoms with Crippen molar-refractivity contribution in [2.75, 3.05) is 52.4 Å². The predicted octanol–water partition coefficient (Wildman–Crippen LogP) is 3.41. The number of carbonyl (C=O) groups excluding carboxylic acids is 1. The Balaban J connectivity index is 1.51. The molecule has 1 saturated heterocycles. The van der Waals surface area contributed by atoms with E-state index in [9.17, 15) is 13.6 Å². The van der Waals surface area contributed by atoms with Crippen LogP contribution in [0.15, 0.2) is 42.6 Å². The molecule has 1 fully saturated rings. The summed E-state index contributed by atoms with van der Waals surface area (Å²) in [6.07, 6.45) is 1.66. The fourth-order valence-electron chi connectivity index (χ4n) is 3.83. The number of halogens is 2. The van der Waals surface area contributed by atoms with Crippen LogP contribution in [0.4, 0.5) is 14.7 Å². The summed E-state index contributed by atoms with van der Waals surface area (Å²) in [5, 5.41) is 0. The number of carbonyl (C=O) groups is 1. The van der Waals surface area contributed by atoms with Gasteiger partial charge in [-0.15, -0.1) is 0 Å². The minimum absolute atomic E-state index is 0.143. The van der Waals surface area contributed by atoms with E-state index in [1.165, 1.54) is 18.1 Å². The summed E-state index contributed by atoms with van der Waals surface area (Å²) in [7, 11) is 4.63. The summed E-state index contributed by atoms with van der Waals surface area (Å²) in [5.41, 5.74) is 1.28. The molecule has 34 heavy (non-hydrogen) atoms. The lowest BCUT2D eigenvalue weighted by molar-refractivity contribution is 0.0741. The highest BCUT2D eigenvalue weighted by molar-refractivity contribution is 5.94. The number of nitrogens with zero attached hydrogens (tertiary/aromatic N) is 4. The highest BCUT2D eigenvalue weighted by Crippen LogP contribution is 2.40. The highest BCUT2D eigenvalue weighted by atomic mass is 19.1. The fraction of sp³-hybridized carbons (Fsp3) is 0.292. The second-order valence-corrected chi connectivity index (χ2v) is 7.56. The van der Waals surface area contributed by atoms with Crippen molar-refractivity contribution in [3.05, 3.63) is 59.8 Å². The summed E-state index contributed by atoms with van der Waals surface area (Å²) in [6.45, 7) is 1.64. The Bertz CT molecular complexity index is 1170. The molecular formula is C24H24F2N4O4. The molecule has 1 aliphatic heterocycles. The molecule has 0 radical (unpaired) electrons. The van der Waals surface area contributed by atoms with Gasteiger partial charge >= 0.3 is 0 Å². The molecule has 10 heteroatoms. The Kier molecular flexibility index (Phi) is 6.76. The SMILES string of the molecule is COc1cc(-c2ccnc(N3CCN(C(=O)c4ccc(F)cc4F)CC3)n2)cc(OC)c1OC. The largest absolute Gasteiger partial charge is 0.493 e. The Morgan fingerprint density at radius 3 is 2.18 bits per heavy atom. The maximum atomic E-state index is 14.0. The van der Waals surface area contributed by atoms with E-state index >= 15 is 0 Å². The summed E-state index contributed by atoms with van der Waals surface area (Å²) in [6, 6.07) is 8.36. The topological polar surface area (TPSA) is 77.0 Å². The molecule has 0 saturated carbocycles. The number of rotatable bonds is 6. The van der Waals surface area contributed by atoms with Gasteiger partial charge in [0.05, 0.1) is 32.6 Å². The van der Waals surface area contributed by atoms with Crippen LogP contribution >= 0.6 is 0 Å². The number of aromatic nitrogens is 2. The van der Waals surface area contributed by atoms with Gasteiger partial charge in [-0.1, -0.05) is 0 Å². The van der Waals surface area contributed by atoms with Gasteiger partial charge in [0.1, 0.15) is 11.6 Å². The van der Waals surface area contributed by atoms with Crippen LogP contribution in [0.2, 0.25) is 0 Å². The summed E-state index contributed by atoms with van der Waals surface area (Å²) >= 11 is 0. The number of hydrogen-bond acceptors (Lipinski definition) is 7. The third kappa shape index (κ3) is 4.57. The minimum atomic E-state index is -0.867. The Morgan fingerprint density at radius 2 is 1.59 bits per heavy atom. The summed E-state index contributed by atoms with van der Waals surface area (Å²) in [5.74, 6) is -0.0388. The number of hydrogen-bond donors (Lipinski definition) is 0. The molecule has 0 unspecified atom stereocenters. The first kappa shape index (κ1) is 23.2. The molecule has 0 atom stereocenters. The molecule has 2 heterocycles. The minimum Gasteiger partial charge on any atom is -0.493 e. The summed E-state index contributed by atoms with van der Waals surface area (Å²) in [4.78, 5) is 25.2. The number of methoxy groups -OCH3 is 3. The van der Waals surface area contributed by atoms with Gasteiger partial charge in [0.15, 0.2) is 11.5 Å². The van der Waals surface area contributed by atoms with Crippen molar-refractivity contribution in [2.24, 2.45) is 0 Å². The Morgan fingerprint density at radius 1 is 0.912 bits per heavy atom. The van der Waals surface area contributed by atoms with Gasteiger partial charge in [-0.3, -0.25) is 4.79 Å². The van der Waals surface area contributed by atoms with E-state index in [0.717, 1.165) is 11.6 Å². The molecular weight excluding hydrogens is 446 g/mol. The van der Waals surface area contributed by atoms with E-state index in [-0.39, 0.29) is 5.56 Å². The third-order valence-corrected chi connectivity index (χ3v) is 5.61. The third-order valence-electron chi connectivity index (χ3n) is 5.61. The van der Waals surface area contributed by atoms with Crippen molar-refractivity contribution in [1.82, 2.24) is 14.9 Å². The van der Waals surface area contributed by atoms with E-state index in [1.807, 2.05) is 4.90 Å². The second-order valence-electron chi connectivity index (χ2n) is 7.56. The Labute approximate surface area is 195 Å². The molecule has 8 nitrogen and oxygen atoms in total. The maximum absolute atomic E-state index is 14.0. The van der Waals surface area contributed by atoms with Crippen molar-refractivity contribution >= 4 is 11.9 Å². The van der Waals surface area contributed by atoms with Crippen molar-refractivity contribution in [2.45, 2.75) is 0 Å². The fourth-order valence-corrected chi connectivity index (χ4v) is 3.83. The molecule has 2 aromatic carbocycles. The van der Waals surface area contributed by atoms with E-state index in [0.29, 0.717) is 61.1 Å². The molecule has 3 aromatic rings. The molecule has 0 bridgehead atoms. The van der Waals surface area contributed by atoms with Crippen LogP contribution in [0.5, 0.6) is 17.2 Å². The van der Waals surface area contributed by atoms with E-state index in [4.69, 9.17) is 14.2 Å². The lowest BCUT2D eigenvalue weighted by Gasteiger charge is -2.34. The normalized spacial score (nSPS) is 13.6. The molecule has 1 aliphatic rings. The van der Waals surface area contributed by atoms with Crippen LogP contribution in [0.1, 0.15) is 10.4 Å². The molecule has 0 N–H and O–H groups in total. The van der Waals surface area contributed by atoms with Crippen LogP contribution in [0.25, 0.3) is 11.3 Å². The van der Waals surface area contributed by atoms with Crippen molar-refractivity contribution in [1.29, 1.82) is 0 Å². The average molecular weight is 470 g/mol. The van der Waals surface area contributed by atoms with E-state index in [2.05, 4.69) is 9.97 Å². The summed E-state index contributed by atoms with van der Waals surface area (Å²) < 4.78 is 43.4. The standard InChI is InChI=1S/C24H24F2N4O4/c1-32-20-12-15(13-21(33-2)22(20)34-3)19-6-7-27-24(28-19)30-10-8-29(9-11-30)23(31)17-5-4-16(25)14-18(17)26/h4-7,12-14H,8-11H2,1-3H3. The zero-order chi connectivity index (χ0) is 24.2. The Hall–Kier alpha value is -3.95. The number of piperazine rings is 1. The van der Waals surface area contributed by atoms with Gasteiger partial charge in [0.2, 0.25) is 11.7 Å². The number of amides is 1. The van der Waals surface area contributed by atoms with E-state index in [1.54, 1.807) is 38.6 Å². The first-order chi connectivity index (χ1) is 16.4. The van der Waals surface area contributed by atoms with Gasteiger partial charge in [-0.2, -0.15) is 0 Å². The van der Waals surface area contributed by atoms with Gasteiger partial charge in [0, 0.05) is 44.0 Å². The maximum Gasteiger partial charge on any atom is 0.256 e. The lowest BCUT2D eigenvalue weighted by atomic mass is 10.1. The van der Waals surface area contributed by atoms with Gasteiger partial charge in [-0.25, -0.2) is 18.7 Å². The lowest BCUT2D eigenvalue weighted by Crippen LogP contribution is -2.49. The second kappa shape index (κ2) is 9.90. The predicted molar refractivity (Wildman–Crippen MR) is 122 cm³/mol. The molecule has 1 aromatic heterocycles. The van der Waals surface area contributed by atoms with Crippen LogP contribution in [-0.4, -0.2) is 68.3 Å². The molecule has 1 amide bonds. The van der Waals surface area contributed by atoms with Crippen LogP contribution in [0, 0.1) is 11.6 Å². The average Bonchev–Trinajstić information content (AvgIpc) is 2.87. The first-order valence-corrected chi connectivity index (χ1v) is 10.6. The number of anilines is 1. The van der Waals surface area contributed by atoms with Gasteiger partial charge in [-0.05, 0) is 30.3 Å². The van der Waals surface area contributed by atoms with Gasteiger partial charge in [0.25, 0.3) is 5.91 Å². The molecule has 178 valence electrons. The van der Waals surface area contributed by atoms with Crippen molar-refractivity contribution < 1.29 is 27.8 Å². The number of ether oxygens (including phenoxy) is 3. The zero-order valence-electron chi connectivity index (χ0n) is 19.0.